The molecule has 0 aliphatic heterocycles. The van der Waals surface area contributed by atoms with E-state index < -0.39 is 21.9 Å². The quantitative estimate of drug-likeness (QED) is 0.755. The summed E-state index contributed by atoms with van der Waals surface area (Å²) in [6.07, 6.45) is 3.19. The first-order chi connectivity index (χ1) is 9.83. The largest absolute Gasteiger partial charge is 0.481 e. The molecular weight excluding hydrogens is 294 g/mol. The van der Waals surface area contributed by atoms with Gasteiger partial charge >= 0.3 is 5.97 Å². The van der Waals surface area contributed by atoms with E-state index in [0.29, 0.717) is 17.8 Å². The van der Waals surface area contributed by atoms with E-state index in [1.807, 2.05) is 0 Å². The number of nitrogens with one attached hydrogen (secondary N) is 2. The SMILES string of the molecule is Cc1n[nH]c(C)c1S(=O)(=O)NCC1CCCCC1C(=O)O. The fourth-order valence-electron chi connectivity index (χ4n) is 3.00. The number of aryl methyl sites for hydroxylation is 2. The average molecular weight is 315 g/mol. The van der Waals surface area contributed by atoms with Crippen LogP contribution in [0.2, 0.25) is 0 Å². The minimum Gasteiger partial charge on any atom is -0.481 e. The summed E-state index contributed by atoms with van der Waals surface area (Å²) in [7, 11) is -3.66. The van der Waals surface area contributed by atoms with Gasteiger partial charge in [0, 0.05) is 6.54 Å². The Hall–Kier alpha value is -1.41. The Morgan fingerprint density at radius 1 is 1.38 bits per heavy atom. The van der Waals surface area contributed by atoms with Crippen molar-refractivity contribution in [1.82, 2.24) is 14.9 Å². The van der Waals surface area contributed by atoms with Gasteiger partial charge in [0.1, 0.15) is 4.90 Å². The van der Waals surface area contributed by atoms with Gasteiger partial charge in [0.25, 0.3) is 0 Å². The van der Waals surface area contributed by atoms with Crippen molar-refractivity contribution in [3.05, 3.63) is 11.4 Å². The molecule has 3 N–H and O–H groups in total. The molecule has 118 valence electrons. The van der Waals surface area contributed by atoms with Gasteiger partial charge in [-0.3, -0.25) is 9.89 Å². The predicted molar refractivity (Wildman–Crippen MR) is 76.3 cm³/mol. The van der Waals surface area contributed by atoms with Crippen molar-refractivity contribution in [3.8, 4) is 0 Å². The standard InChI is InChI=1S/C13H21N3O4S/c1-8-12(9(2)16-15-8)21(19,20)14-7-10-5-3-4-6-11(10)13(17)18/h10-11,14H,3-7H2,1-2H3,(H,15,16)(H,17,18). The van der Waals surface area contributed by atoms with Crippen molar-refractivity contribution in [2.24, 2.45) is 11.8 Å². The molecule has 2 rings (SSSR count). The van der Waals surface area contributed by atoms with E-state index in [1.165, 1.54) is 0 Å². The number of aromatic amines is 1. The van der Waals surface area contributed by atoms with Crippen LogP contribution >= 0.6 is 0 Å². The van der Waals surface area contributed by atoms with Crippen molar-refractivity contribution in [2.75, 3.05) is 6.54 Å². The lowest BCUT2D eigenvalue weighted by atomic mass is 9.79. The van der Waals surface area contributed by atoms with Crippen LogP contribution in [0.25, 0.3) is 0 Å². The topological polar surface area (TPSA) is 112 Å². The molecule has 7 nitrogen and oxygen atoms in total. The Morgan fingerprint density at radius 3 is 2.62 bits per heavy atom. The molecule has 0 saturated heterocycles. The summed E-state index contributed by atoms with van der Waals surface area (Å²) >= 11 is 0. The van der Waals surface area contributed by atoms with Crippen LogP contribution in [0.15, 0.2) is 4.90 Å². The maximum atomic E-state index is 12.3. The minimum absolute atomic E-state index is 0.154. The van der Waals surface area contributed by atoms with E-state index in [2.05, 4.69) is 14.9 Å². The lowest BCUT2D eigenvalue weighted by Gasteiger charge is -2.28. The first-order valence-electron chi connectivity index (χ1n) is 7.07. The van der Waals surface area contributed by atoms with Gasteiger partial charge in [0.2, 0.25) is 10.0 Å². The highest BCUT2D eigenvalue weighted by Gasteiger charge is 2.32. The van der Waals surface area contributed by atoms with E-state index in [4.69, 9.17) is 0 Å². The van der Waals surface area contributed by atoms with Gasteiger partial charge < -0.3 is 5.11 Å². The Bertz CT molecular complexity index is 604. The van der Waals surface area contributed by atoms with Gasteiger partial charge in [-0.05, 0) is 32.6 Å². The molecule has 21 heavy (non-hydrogen) atoms. The number of hydrogen-bond donors (Lipinski definition) is 3. The predicted octanol–water partition coefficient (Wildman–Crippen LogP) is 1.20. The van der Waals surface area contributed by atoms with Gasteiger partial charge in [-0.2, -0.15) is 5.10 Å². The molecule has 1 aliphatic carbocycles. The second kappa shape index (κ2) is 6.15. The molecule has 1 aliphatic rings. The molecule has 1 fully saturated rings. The van der Waals surface area contributed by atoms with Gasteiger partial charge in [-0.15, -0.1) is 0 Å². The van der Waals surface area contributed by atoms with Crippen molar-refractivity contribution in [3.63, 3.8) is 0 Å². The molecule has 8 heteroatoms. The zero-order valence-corrected chi connectivity index (χ0v) is 13.0. The number of carbonyl (C=O) groups is 1. The van der Waals surface area contributed by atoms with Crippen LogP contribution in [0.5, 0.6) is 0 Å². The molecule has 1 aromatic heterocycles. The zero-order chi connectivity index (χ0) is 15.6. The Morgan fingerprint density at radius 2 is 2.05 bits per heavy atom. The summed E-state index contributed by atoms with van der Waals surface area (Å²) in [5.74, 6) is -1.46. The summed E-state index contributed by atoms with van der Waals surface area (Å²) in [5, 5.41) is 15.7. The number of aromatic nitrogens is 2. The van der Waals surface area contributed by atoms with Crippen molar-refractivity contribution < 1.29 is 18.3 Å². The number of nitrogens with zero attached hydrogens (tertiary/aromatic N) is 1. The maximum absolute atomic E-state index is 12.3. The van der Waals surface area contributed by atoms with Gasteiger partial charge in [0.05, 0.1) is 17.3 Å². The van der Waals surface area contributed by atoms with Crippen molar-refractivity contribution in [2.45, 2.75) is 44.4 Å². The van der Waals surface area contributed by atoms with Crippen LogP contribution in [0.3, 0.4) is 0 Å². The number of aliphatic carboxylic acids is 1. The molecule has 0 amide bonds. The fourth-order valence-corrected chi connectivity index (χ4v) is 4.46. The van der Waals surface area contributed by atoms with Crippen LogP contribution in [0.1, 0.15) is 37.1 Å². The lowest BCUT2D eigenvalue weighted by Crippen LogP contribution is -2.37. The average Bonchev–Trinajstić information content (AvgIpc) is 2.77. The molecule has 0 bridgehead atoms. The van der Waals surface area contributed by atoms with Crippen LogP contribution < -0.4 is 4.72 Å². The second-order valence-corrected chi connectivity index (χ2v) is 7.31. The van der Waals surface area contributed by atoms with E-state index in [9.17, 15) is 18.3 Å². The molecule has 2 unspecified atom stereocenters. The molecule has 0 aromatic carbocycles. The number of carboxylic acid groups (broad SMARTS) is 1. The number of hydrogen-bond acceptors (Lipinski definition) is 4. The van der Waals surface area contributed by atoms with Crippen LogP contribution in [0, 0.1) is 25.7 Å². The number of carboxylic acids is 1. The van der Waals surface area contributed by atoms with Crippen molar-refractivity contribution >= 4 is 16.0 Å². The molecule has 1 aromatic rings. The van der Waals surface area contributed by atoms with Crippen molar-refractivity contribution in [1.29, 1.82) is 0 Å². The highest BCUT2D eigenvalue weighted by atomic mass is 32.2. The summed E-state index contributed by atoms with van der Waals surface area (Å²) in [6, 6.07) is 0. The summed E-state index contributed by atoms with van der Waals surface area (Å²) < 4.78 is 27.2. The van der Waals surface area contributed by atoms with Crippen LogP contribution in [0.4, 0.5) is 0 Å². The molecule has 0 radical (unpaired) electrons. The Balaban J connectivity index is 2.09. The molecule has 1 heterocycles. The zero-order valence-electron chi connectivity index (χ0n) is 12.2. The highest BCUT2D eigenvalue weighted by molar-refractivity contribution is 7.89. The molecule has 1 saturated carbocycles. The first kappa shape index (κ1) is 16.0. The van der Waals surface area contributed by atoms with Gasteiger partial charge in [0.15, 0.2) is 0 Å². The monoisotopic (exact) mass is 315 g/mol. The smallest absolute Gasteiger partial charge is 0.306 e. The van der Waals surface area contributed by atoms with Gasteiger partial charge in [-0.25, -0.2) is 13.1 Å². The first-order valence-corrected chi connectivity index (χ1v) is 8.55. The van der Waals surface area contributed by atoms with E-state index in [0.717, 1.165) is 19.3 Å². The third kappa shape index (κ3) is 3.44. The summed E-state index contributed by atoms with van der Waals surface area (Å²) in [4.78, 5) is 11.4. The third-order valence-corrected chi connectivity index (χ3v) is 5.78. The van der Waals surface area contributed by atoms with Crippen LogP contribution in [-0.2, 0) is 14.8 Å². The minimum atomic E-state index is -3.66. The van der Waals surface area contributed by atoms with Crippen LogP contribution in [-0.4, -0.2) is 36.2 Å². The molecular formula is C13H21N3O4S. The van der Waals surface area contributed by atoms with E-state index >= 15 is 0 Å². The summed E-state index contributed by atoms with van der Waals surface area (Å²) in [6.45, 7) is 3.43. The Labute approximate surface area is 124 Å². The third-order valence-electron chi connectivity index (χ3n) is 4.09. The van der Waals surface area contributed by atoms with E-state index in [-0.39, 0.29) is 17.4 Å². The van der Waals surface area contributed by atoms with E-state index in [1.54, 1.807) is 13.8 Å². The number of sulfonamides is 1. The second-order valence-electron chi connectivity index (χ2n) is 5.60. The molecule has 2 atom stereocenters. The summed E-state index contributed by atoms with van der Waals surface area (Å²) in [5.41, 5.74) is 0.900. The lowest BCUT2D eigenvalue weighted by molar-refractivity contribution is -0.144. The molecule has 0 spiro atoms. The normalized spacial score (nSPS) is 23.1. The van der Waals surface area contributed by atoms with Gasteiger partial charge in [-0.1, -0.05) is 12.8 Å². The number of rotatable bonds is 5. The fraction of sp³-hybridized carbons (Fsp3) is 0.692. The highest BCUT2D eigenvalue weighted by Crippen LogP contribution is 2.30. The Kier molecular flexibility index (Phi) is 4.67. The number of H-pyrrole nitrogens is 1. The maximum Gasteiger partial charge on any atom is 0.306 e.